The third-order valence-electron chi connectivity index (χ3n) is 4.82. The van der Waals surface area contributed by atoms with Gasteiger partial charge in [-0.25, -0.2) is 17.7 Å². The van der Waals surface area contributed by atoms with E-state index in [4.69, 9.17) is 12.2 Å². The molecule has 0 spiro atoms. The number of carbonyl (C=O) groups excluding carboxylic acids is 1. The average Bonchev–Trinajstić information content (AvgIpc) is 2.92. The van der Waals surface area contributed by atoms with E-state index < -0.39 is 21.3 Å². The van der Waals surface area contributed by atoms with Crippen molar-refractivity contribution in [3.63, 3.8) is 0 Å². The first-order valence-electron chi connectivity index (χ1n) is 9.70. The number of benzene rings is 2. The van der Waals surface area contributed by atoms with Crippen molar-refractivity contribution in [2.24, 2.45) is 4.36 Å². The molecule has 1 aliphatic heterocycles. The van der Waals surface area contributed by atoms with Crippen LogP contribution in [0.1, 0.15) is 35.7 Å². The molecule has 0 aliphatic carbocycles. The van der Waals surface area contributed by atoms with Crippen LogP contribution in [0, 0.1) is 5.82 Å². The number of hydrogen-bond acceptors (Lipinski definition) is 4. The van der Waals surface area contributed by atoms with Crippen LogP contribution >= 0.6 is 12.2 Å². The summed E-state index contributed by atoms with van der Waals surface area (Å²) in [6.07, 6.45) is 1.72. The van der Waals surface area contributed by atoms with Crippen LogP contribution in [-0.4, -0.2) is 34.1 Å². The van der Waals surface area contributed by atoms with Gasteiger partial charge in [-0.15, -0.1) is 0 Å². The zero-order valence-corrected chi connectivity index (χ0v) is 18.3. The highest BCUT2D eigenvalue weighted by Crippen LogP contribution is 2.26. The molecule has 0 saturated heterocycles. The Balaban J connectivity index is 1.87. The molecule has 1 amide bonds. The lowest BCUT2D eigenvalue weighted by Crippen LogP contribution is -2.54. The van der Waals surface area contributed by atoms with Gasteiger partial charge in [-0.1, -0.05) is 36.4 Å². The SMILES string of the molecule is C[C@@](CS1(=O)=NCCCCN1)(NC(=S)NC(=O)c1ccccc1)c1ccccc1F. The molecule has 2 aromatic rings. The first-order chi connectivity index (χ1) is 14.3. The summed E-state index contributed by atoms with van der Waals surface area (Å²) in [6, 6.07) is 14.9. The highest BCUT2D eigenvalue weighted by Gasteiger charge is 2.35. The van der Waals surface area contributed by atoms with E-state index in [9.17, 15) is 13.4 Å². The van der Waals surface area contributed by atoms with Gasteiger partial charge in [0.25, 0.3) is 5.91 Å². The summed E-state index contributed by atoms with van der Waals surface area (Å²) in [4.78, 5) is 12.4. The van der Waals surface area contributed by atoms with Crippen LogP contribution < -0.4 is 15.4 Å². The topological polar surface area (TPSA) is 82.6 Å². The highest BCUT2D eigenvalue weighted by atomic mass is 32.2. The fourth-order valence-electron chi connectivity index (χ4n) is 3.35. The second-order valence-corrected chi connectivity index (χ2v) is 9.85. The monoisotopic (exact) mass is 448 g/mol. The second kappa shape index (κ2) is 9.63. The van der Waals surface area contributed by atoms with E-state index in [1.54, 1.807) is 49.4 Å². The molecule has 0 radical (unpaired) electrons. The number of hydrogen-bond donors (Lipinski definition) is 3. The van der Waals surface area contributed by atoms with E-state index in [-0.39, 0.29) is 16.8 Å². The summed E-state index contributed by atoms with van der Waals surface area (Å²) in [5, 5.41) is 5.66. The Morgan fingerprint density at radius 3 is 2.63 bits per heavy atom. The van der Waals surface area contributed by atoms with Crippen molar-refractivity contribution < 1.29 is 13.4 Å². The Kier molecular flexibility index (Phi) is 7.17. The number of carbonyl (C=O) groups is 1. The molecule has 3 N–H and O–H groups in total. The third-order valence-corrected chi connectivity index (χ3v) is 7.25. The van der Waals surface area contributed by atoms with Crippen molar-refractivity contribution in [2.75, 3.05) is 18.8 Å². The second-order valence-electron chi connectivity index (χ2n) is 7.33. The normalized spacial score (nSPS) is 20.9. The minimum atomic E-state index is -2.80. The first-order valence-corrected chi connectivity index (χ1v) is 11.8. The number of nitrogens with one attached hydrogen (secondary N) is 3. The maximum Gasteiger partial charge on any atom is 0.257 e. The molecule has 1 heterocycles. The predicted octanol–water partition coefficient (Wildman–Crippen LogP) is 3.11. The Morgan fingerprint density at radius 2 is 1.90 bits per heavy atom. The van der Waals surface area contributed by atoms with Gasteiger partial charge in [0, 0.05) is 24.2 Å². The van der Waals surface area contributed by atoms with Crippen LogP contribution in [-0.2, 0) is 15.5 Å². The fraction of sp³-hybridized carbons (Fsp3) is 0.333. The van der Waals surface area contributed by atoms with E-state index in [2.05, 4.69) is 19.7 Å². The van der Waals surface area contributed by atoms with Gasteiger partial charge >= 0.3 is 0 Å². The van der Waals surface area contributed by atoms with Crippen molar-refractivity contribution in [3.05, 3.63) is 71.5 Å². The van der Waals surface area contributed by atoms with Gasteiger partial charge in [0.1, 0.15) is 15.7 Å². The molecule has 0 saturated carbocycles. The fourth-order valence-corrected chi connectivity index (χ4v) is 5.85. The Hall–Kier alpha value is -2.36. The molecule has 0 aromatic heterocycles. The molecule has 0 fully saturated rings. The van der Waals surface area contributed by atoms with Gasteiger partial charge in [0.05, 0.1) is 11.3 Å². The Labute approximate surface area is 182 Å². The smallest absolute Gasteiger partial charge is 0.257 e. The van der Waals surface area contributed by atoms with Crippen molar-refractivity contribution in [1.82, 2.24) is 15.4 Å². The van der Waals surface area contributed by atoms with E-state index in [1.807, 2.05) is 6.07 Å². The summed E-state index contributed by atoms with van der Waals surface area (Å²) in [7, 11) is -2.80. The predicted molar refractivity (Wildman–Crippen MR) is 121 cm³/mol. The standard InChI is InChI=1S/C21H25FN4O2S2/c1-21(17-11-5-6-12-18(17)22,15-30(28)23-13-7-8-14-24-30)26-20(29)25-19(27)16-9-3-2-4-10-16/h2-6,9-12H,7-8,13-15H2,1H3,(H,23,24,28)(H2,25,26,27,29)/t21-/m0/s1. The van der Waals surface area contributed by atoms with Crippen LogP contribution in [0.4, 0.5) is 4.39 Å². The van der Waals surface area contributed by atoms with Crippen molar-refractivity contribution >= 4 is 33.2 Å². The lowest BCUT2D eigenvalue weighted by molar-refractivity contribution is 0.0976. The molecule has 2 atom stereocenters. The van der Waals surface area contributed by atoms with Gasteiger partial charge < -0.3 is 5.32 Å². The Bertz CT molecular complexity index is 1040. The number of nitrogens with zero attached hydrogens (tertiary/aromatic N) is 1. The molecule has 1 unspecified atom stereocenters. The molecule has 0 bridgehead atoms. The van der Waals surface area contributed by atoms with Crippen LogP contribution in [0.5, 0.6) is 0 Å². The summed E-state index contributed by atoms with van der Waals surface area (Å²) in [6.45, 7) is 2.76. The zero-order valence-electron chi connectivity index (χ0n) is 16.7. The van der Waals surface area contributed by atoms with Gasteiger partial charge in [0.2, 0.25) is 0 Å². The highest BCUT2D eigenvalue weighted by molar-refractivity contribution is 7.91. The first kappa shape index (κ1) is 22.3. The molecule has 3 rings (SSSR count). The van der Waals surface area contributed by atoms with Gasteiger partial charge in [-0.3, -0.25) is 10.1 Å². The number of thiocarbonyl (C=S) groups is 1. The van der Waals surface area contributed by atoms with E-state index >= 15 is 0 Å². The zero-order chi connectivity index (χ0) is 21.6. The van der Waals surface area contributed by atoms with Gasteiger partial charge in [-0.05, 0) is 50.2 Å². The maximum absolute atomic E-state index is 14.7. The van der Waals surface area contributed by atoms with Crippen LogP contribution in [0.3, 0.4) is 0 Å². The molecule has 1 aliphatic rings. The van der Waals surface area contributed by atoms with E-state index in [0.717, 1.165) is 12.8 Å². The van der Waals surface area contributed by atoms with E-state index in [0.29, 0.717) is 24.2 Å². The van der Waals surface area contributed by atoms with Crippen molar-refractivity contribution in [3.8, 4) is 0 Å². The Morgan fingerprint density at radius 1 is 1.20 bits per heavy atom. The number of halogens is 1. The molecule has 9 heteroatoms. The number of rotatable bonds is 5. The molecule has 160 valence electrons. The molecular weight excluding hydrogens is 423 g/mol. The van der Waals surface area contributed by atoms with Crippen LogP contribution in [0.2, 0.25) is 0 Å². The molecule has 2 aromatic carbocycles. The summed E-state index contributed by atoms with van der Waals surface area (Å²) in [5.74, 6) is -0.853. The molecule has 6 nitrogen and oxygen atoms in total. The quantitative estimate of drug-likeness (QED) is 0.614. The minimum absolute atomic E-state index is 0.0116. The maximum atomic E-state index is 14.7. The van der Waals surface area contributed by atoms with Crippen LogP contribution in [0.25, 0.3) is 0 Å². The molecular formula is C21H25FN4O2S2. The van der Waals surface area contributed by atoms with Crippen molar-refractivity contribution in [1.29, 1.82) is 0 Å². The summed E-state index contributed by atoms with van der Waals surface area (Å²) < 4.78 is 35.4. The van der Waals surface area contributed by atoms with Gasteiger partial charge in [-0.2, -0.15) is 0 Å². The summed E-state index contributed by atoms with van der Waals surface area (Å²) in [5.41, 5.74) is -0.421. The van der Waals surface area contributed by atoms with E-state index in [1.165, 1.54) is 6.07 Å². The van der Waals surface area contributed by atoms with Crippen LogP contribution in [0.15, 0.2) is 59.0 Å². The largest absolute Gasteiger partial charge is 0.352 e. The average molecular weight is 449 g/mol. The minimum Gasteiger partial charge on any atom is -0.352 e. The number of amides is 1. The lowest BCUT2D eigenvalue weighted by atomic mass is 9.93. The van der Waals surface area contributed by atoms with Crippen molar-refractivity contribution in [2.45, 2.75) is 25.3 Å². The third kappa shape index (κ3) is 5.62. The lowest BCUT2D eigenvalue weighted by Gasteiger charge is -2.33. The van der Waals surface area contributed by atoms with Gasteiger partial charge in [0.15, 0.2) is 5.11 Å². The summed E-state index contributed by atoms with van der Waals surface area (Å²) >= 11 is 5.34. The molecule has 30 heavy (non-hydrogen) atoms.